The summed E-state index contributed by atoms with van der Waals surface area (Å²) >= 11 is 0. The summed E-state index contributed by atoms with van der Waals surface area (Å²) < 4.78 is 18.6. The van der Waals surface area contributed by atoms with Gasteiger partial charge >= 0.3 is 0 Å². The van der Waals surface area contributed by atoms with Crippen LogP contribution in [0.25, 0.3) is 0 Å². The predicted octanol–water partition coefficient (Wildman–Crippen LogP) is 2.71. The van der Waals surface area contributed by atoms with E-state index in [-0.39, 0.29) is 29.5 Å². The van der Waals surface area contributed by atoms with Crippen LogP contribution in [0, 0.1) is 5.82 Å². The molecule has 0 aliphatic carbocycles. The number of carbonyl (C=O) groups excluding carboxylic acids is 1. The maximum atomic E-state index is 13.2. The van der Waals surface area contributed by atoms with Crippen molar-refractivity contribution in [1.29, 1.82) is 0 Å². The van der Waals surface area contributed by atoms with Gasteiger partial charge in [0.25, 0.3) is 5.91 Å². The SMILES string of the molecule is CCC(C)(C)NC(=O)COc1ccc(F)cc1/C(C)=N/O. The van der Waals surface area contributed by atoms with E-state index < -0.39 is 5.82 Å². The van der Waals surface area contributed by atoms with Crippen molar-refractivity contribution >= 4 is 11.6 Å². The number of carbonyl (C=O) groups is 1. The van der Waals surface area contributed by atoms with Crippen LogP contribution in [0.4, 0.5) is 4.39 Å². The van der Waals surface area contributed by atoms with Crippen LogP contribution in [0.2, 0.25) is 0 Å². The number of oxime groups is 1. The Kier molecular flexibility index (Phi) is 5.69. The molecule has 0 spiro atoms. The van der Waals surface area contributed by atoms with Gasteiger partial charge in [0.2, 0.25) is 0 Å². The number of hydrogen-bond acceptors (Lipinski definition) is 4. The van der Waals surface area contributed by atoms with Crippen molar-refractivity contribution in [2.75, 3.05) is 6.61 Å². The molecular weight excluding hydrogens is 275 g/mol. The van der Waals surface area contributed by atoms with Gasteiger partial charge in [-0.2, -0.15) is 0 Å². The minimum absolute atomic E-state index is 0.194. The highest BCUT2D eigenvalue weighted by Gasteiger charge is 2.18. The summed E-state index contributed by atoms with van der Waals surface area (Å²) in [6, 6.07) is 3.81. The molecule has 0 heterocycles. The first-order valence-corrected chi connectivity index (χ1v) is 6.71. The molecule has 6 heteroatoms. The van der Waals surface area contributed by atoms with Crippen LogP contribution in [0.5, 0.6) is 5.75 Å². The number of ether oxygens (including phenoxy) is 1. The summed E-state index contributed by atoms with van der Waals surface area (Å²) in [5.41, 5.74) is 0.202. The Hall–Kier alpha value is -2.11. The summed E-state index contributed by atoms with van der Waals surface area (Å²) in [5.74, 6) is -0.455. The molecule has 2 N–H and O–H groups in total. The highest BCUT2D eigenvalue weighted by molar-refractivity contribution is 6.00. The minimum atomic E-state index is -0.475. The van der Waals surface area contributed by atoms with Crippen LogP contribution in [0.1, 0.15) is 39.7 Å². The molecule has 0 aliphatic heterocycles. The Morgan fingerprint density at radius 3 is 2.71 bits per heavy atom. The van der Waals surface area contributed by atoms with Crippen LogP contribution in [-0.4, -0.2) is 29.0 Å². The van der Waals surface area contributed by atoms with E-state index in [9.17, 15) is 9.18 Å². The molecule has 21 heavy (non-hydrogen) atoms. The zero-order valence-corrected chi connectivity index (χ0v) is 12.7. The number of hydrogen-bond donors (Lipinski definition) is 2. The molecule has 0 unspecified atom stereocenters. The molecule has 0 saturated heterocycles. The fraction of sp³-hybridized carbons (Fsp3) is 0.467. The lowest BCUT2D eigenvalue weighted by molar-refractivity contribution is -0.124. The van der Waals surface area contributed by atoms with Crippen molar-refractivity contribution in [3.8, 4) is 5.75 Å². The van der Waals surface area contributed by atoms with E-state index in [0.717, 1.165) is 6.42 Å². The van der Waals surface area contributed by atoms with Gasteiger partial charge < -0.3 is 15.3 Å². The lowest BCUT2D eigenvalue weighted by atomic mass is 10.0. The van der Waals surface area contributed by atoms with Gasteiger partial charge in [-0.3, -0.25) is 4.79 Å². The Bertz CT molecular complexity index is 542. The normalized spacial score (nSPS) is 12.1. The third-order valence-electron chi connectivity index (χ3n) is 3.20. The van der Waals surface area contributed by atoms with Gasteiger partial charge in [0.05, 0.1) is 5.71 Å². The van der Waals surface area contributed by atoms with E-state index in [1.807, 2.05) is 20.8 Å². The van der Waals surface area contributed by atoms with Crippen molar-refractivity contribution < 1.29 is 19.1 Å². The van der Waals surface area contributed by atoms with Gasteiger partial charge in [0.1, 0.15) is 11.6 Å². The number of halogens is 1. The van der Waals surface area contributed by atoms with Crippen molar-refractivity contribution in [2.24, 2.45) is 5.16 Å². The van der Waals surface area contributed by atoms with Crippen molar-refractivity contribution in [1.82, 2.24) is 5.32 Å². The number of nitrogens with one attached hydrogen (secondary N) is 1. The molecule has 0 radical (unpaired) electrons. The second-order valence-electron chi connectivity index (χ2n) is 5.40. The molecule has 0 bridgehead atoms. The molecule has 0 aromatic heterocycles. The van der Waals surface area contributed by atoms with E-state index in [4.69, 9.17) is 9.94 Å². The zero-order chi connectivity index (χ0) is 16.0. The van der Waals surface area contributed by atoms with Gasteiger partial charge in [-0.1, -0.05) is 12.1 Å². The Morgan fingerprint density at radius 2 is 2.14 bits per heavy atom. The number of amides is 1. The molecule has 1 rings (SSSR count). The van der Waals surface area contributed by atoms with Crippen molar-refractivity contribution in [3.63, 3.8) is 0 Å². The highest BCUT2D eigenvalue weighted by Crippen LogP contribution is 2.20. The smallest absolute Gasteiger partial charge is 0.258 e. The van der Waals surface area contributed by atoms with E-state index in [1.54, 1.807) is 0 Å². The fourth-order valence-corrected chi connectivity index (χ4v) is 1.61. The maximum Gasteiger partial charge on any atom is 0.258 e. The topological polar surface area (TPSA) is 70.9 Å². The van der Waals surface area contributed by atoms with Gasteiger partial charge in [-0.15, -0.1) is 0 Å². The third-order valence-corrected chi connectivity index (χ3v) is 3.20. The van der Waals surface area contributed by atoms with Gasteiger partial charge in [0, 0.05) is 11.1 Å². The average molecular weight is 296 g/mol. The Morgan fingerprint density at radius 1 is 1.48 bits per heavy atom. The van der Waals surface area contributed by atoms with Crippen LogP contribution in [0.15, 0.2) is 23.4 Å². The van der Waals surface area contributed by atoms with Crippen molar-refractivity contribution in [3.05, 3.63) is 29.6 Å². The highest BCUT2D eigenvalue weighted by atomic mass is 19.1. The van der Waals surface area contributed by atoms with E-state index in [1.165, 1.54) is 25.1 Å². The molecule has 5 nitrogen and oxygen atoms in total. The third kappa shape index (κ3) is 5.06. The summed E-state index contributed by atoms with van der Waals surface area (Å²) in [5, 5.41) is 14.7. The average Bonchev–Trinajstić information content (AvgIpc) is 2.44. The number of benzene rings is 1. The summed E-state index contributed by atoms with van der Waals surface area (Å²) in [6.45, 7) is 7.12. The molecule has 116 valence electrons. The second kappa shape index (κ2) is 7.06. The van der Waals surface area contributed by atoms with E-state index >= 15 is 0 Å². The lowest BCUT2D eigenvalue weighted by Crippen LogP contribution is -2.44. The van der Waals surface area contributed by atoms with Gasteiger partial charge in [-0.25, -0.2) is 4.39 Å². The molecule has 0 saturated carbocycles. The number of nitrogens with zero attached hydrogens (tertiary/aromatic N) is 1. The van der Waals surface area contributed by atoms with Crippen LogP contribution < -0.4 is 10.1 Å². The molecular formula is C15H21FN2O3. The largest absolute Gasteiger partial charge is 0.483 e. The monoisotopic (exact) mass is 296 g/mol. The first-order valence-electron chi connectivity index (χ1n) is 6.71. The first kappa shape index (κ1) is 16.9. The second-order valence-corrected chi connectivity index (χ2v) is 5.40. The minimum Gasteiger partial charge on any atom is -0.483 e. The predicted molar refractivity (Wildman–Crippen MR) is 78.4 cm³/mol. The Labute approximate surface area is 123 Å². The standard InChI is InChI=1S/C15H21FN2O3/c1-5-15(3,4)17-14(19)9-21-13-7-6-11(16)8-12(13)10(2)18-20/h6-8,20H,5,9H2,1-4H3,(H,17,19)/b18-10+. The maximum absolute atomic E-state index is 13.2. The molecule has 0 fully saturated rings. The molecule has 1 amide bonds. The van der Waals surface area contributed by atoms with E-state index in [2.05, 4.69) is 10.5 Å². The first-order chi connectivity index (χ1) is 9.79. The quantitative estimate of drug-likeness (QED) is 0.481. The van der Waals surface area contributed by atoms with Crippen LogP contribution in [-0.2, 0) is 4.79 Å². The van der Waals surface area contributed by atoms with Gasteiger partial charge in [-0.05, 0) is 45.4 Å². The summed E-state index contributed by atoms with van der Waals surface area (Å²) in [6.07, 6.45) is 0.789. The molecule has 1 aromatic carbocycles. The molecule has 1 aromatic rings. The molecule has 0 aliphatic rings. The fourth-order valence-electron chi connectivity index (χ4n) is 1.61. The van der Waals surface area contributed by atoms with E-state index in [0.29, 0.717) is 5.56 Å². The Balaban J connectivity index is 2.78. The summed E-state index contributed by atoms with van der Waals surface area (Å²) in [4.78, 5) is 11.8. The van der Waals surface area contributed by atoms with Crippen molar-refractivity contribution in [2.45, 2.75) is 39.7 Å². The number of rotatable bonds is 6. The zero-order valence-electron chi connectivity index (χ0n) is 12.7. The van der Waals surface area contributed by atoms with Gasteiger partial charge in [0.15, 0.2) is 6.61 Å². The van der Waals surface area contributed by atoms with Crippen LogP contribution in [0.3, 0.4) is 0 Å². The molecule has 0 atom stereocenters. The lowest BCUT2D eigenvalue weighted by Gasteiger charge is -2.24. The van der Waals surface area contributed by atoms with Crippen LogP contribution >= 0.6 is 0 Å². The summed E-state index contributed by atoms with van der Waals surface area (Å²) in [7, 11) is 0.